The first-order chi connectivity index (χ1) is 10.1. The molecule has 0 amide bonds. The molecule has 0 bridgehead atoms. The minimum Gasteiger partial charge on any atom is -0.377 e. The standard InChI is InChI=1S/C18H38N2O/c1-6-8-16-9-10-17(19-11-7-2)18(14-16)20(5)12-13-21-15(3)4/h15-19H,6-14H2,1-5H3. The number of nitrogens with zero attached hydrogens (tertiary/aromatic N) is 1. The van der Waals surface area contributed by atoms with E-state index in [2.05, 4.69) is 45.0 Å². The zero-order chi connectivity index (χ0) is 15.7. The molecule has 1 N–H and O–H groups in total. The summed E-state index contributed by atoms with van der Waals surface area (Å²) in [4.78, 5) is 2.54. The second-order valence-corrected chi connectivity index (χ2v) is 7.00. The molecule has 1 aliphatic carbocycles. The molecule has 1 saturated carbocycles. The summed E-state index contributed by atoms with van der Waals surface area (Å²) in [5.41, 5.74) is 0. The topological polar surface area (TPSA) is 24.5 Å². The predicted molar refractivity (Wildman–Crippen MR) is 91.8 cm³/mol. The average Bonchev–Trinajstić information content (AvgIpc) is 2.45. The van der Waals surface area contributed by atoms with E-state index in [9.17, 15) is 0 Å². The summed E-state index contributed by atoms with van der Waals surface area (Å²) in [7, 11) is 2.28. The van der Waals surface area contributed by atoms with Gasteiger partial charge in [0, 0.05) is 18.6 Å². The van der Waals surface area contributed by atoms with Crippen LogP contribution in [0.25, 0.3) is 0 Å². The summed E-state index contributed by atoms with van der Waals surface area (Å²) in [5, 5.41) is 3.78. The second kappa shape index (κ2) is 10.6. The maximum Gasteiger partial charge on any atom is 0.0596 e. The van der Waals surface area contributed by atoms with Crippen LogP contribution in [0.15, 0.2) is 0 Å². The molecule has 0 aliphatic heterocycles. The Morgan fingerprint density at radius 3 is 2.57 bits per heavy atom. The summed E-state index contributed by atoms with van der Waals surface area (Å²) < 4.78 is 5.73. The Kier molecular flexibility index (Phi) is 9.54. The number of hydrogen-bond acceptors (Lipinski definition) is 3. The van der Waals surface area contributed by atoms with E-state index in [4.69, 9.17) is 4.74 Å². The van der Waals surface area contributed by atoms with Gasteiger partial charge in [-0.15, -0.1) is 0 Å². The summed E-state index contributed by atoms with van der Waals surface area (Å²) in [5.74, 6) is 0.924. The highest BCUT2D eigenvalue weighted by atomic mass is 16.5. The van der Waals surface area contributed by atoms with Gasteiger partial charge in [0.15, 0.2) is 0 Å². The second-order valence-electron chi connectivity index (χ2n) is 7.00. The molecule has 0 radical (unpaired) electrons. The maximum atomic E-state index is 5.73. The first-order valence-corrected chi connectivity index (χ1v) is 9.13. The lowest BCUT2D eigenvalue weighted by molar-refractivity contribution is 0.0400. The van der Waals surface area contributed by atoms with Crippen LogP contribution in [-0.2, 0) is 4.74 Å². The molecule has 21 heavy (non-hydrogen) atoms. The molecule has 0 aromatic heterocycles. The first kappa shape index (κ1) is 18.9. The van der Waals surface area contributed by atoms with Gasteiger partial charge in [-0.25, -0.2) is 0 Å². The van der Waals surface area contributed by atoms with Crippen molar-refractivity contribution in [3.05, 3.63) is 0 Å². The predicted octanol–water partition coefficient (Wildman–Crippen LogP) is 3.68. The van der Waals surface area contributed by atoms with Gasteiger partial charge in [0.2, 0.25) is 0 Å². The van der Waals surface area contributed by atoms with Crippen LogP contribution in [0.5, 0.6) is 0 Å². The van der Waals surface area contributed by atoms with Crippen LogP contribution in [0.4, 0.5) is 0 Å². The Balaban J connectivity index is 2.50. The van der Waals surface area contributed by atoms with Gasteiger partial charge in [-0.2, -0.15) is 0 Å². The van der Waals surface area contributed by atoms with Crippen LogP contribution in [0.3, 0.4) is 0 Å². The van der Waals surface area contributed by atoms with Crippen LogP contribution in [0, 0.1) is 5.92 Å². The van der Waals surface area contributed by atoms with Gasteiger partial charge in [0.25, 0.3) is 0 Å². The Morgan fingerprint density at radius 2 is 1.95 bits per heavy atom. The monoisotopic (exact) mass is 298 g/mol. The molecule has 1 aliphatic rings. The van der Waals surface area contributed by atoms with Crippen LogP contribution in [0.1, 0.15) is 66.2 Å². The van der Waals surface area contributed by atoms with Gasteiger partial charge in [-0.3, -0.25) is 4.90 Å². The van der Waals surface area contributed by atoms with E-state index in [0.717, 1.165) is 25.6 Å². The molecular weight excluding hydrogens is 260 g/mol. The van der Waals surface area contributed by atoms with E-state index in [-0.39, 0.29) is 0 Å². The van der Waals surface area contributed by atoms with Gasteiger partial charge >= 0.3 is 0 Å². The number of rotatable bonds is 10. The zero-order valence-electron chi connectivity index (χ0n) is 15.0. The minimum absolute atomic E-state index is 0.339. The van der Waals surface area contributed by atoms with E-state index in [1.807, 2.05) is 0 Å². The lowest BCUT2D eigenvalue weighted by Crippen LogP contribution is -2.53. The van der Waals surface area contributed by atoms with Crippen molar-refractivity contribution >= 4 is 0 Å². The van der Waals surface area contributed by atoms with Gasteiger partial charge in [0.1, 0.15) is 0 Å². The Morgan fingerprint density at radius 1 is 1.19 bits per heavy atom. The van der Waals surface area contributed by atoms with Crippen LogP contribution >= 0.6 is 0 Å². The Labute approximate surface area is 132 Å². The van der Waals surface area contributed by atoms with Crippen molar-refractivity contribution in [3.8, 4) is 0 Å². The number of ether oxygens (including phenoxy) is 1. The normalized spacial score (nSPS) is 26.7. The maximum absolute atomic E-state index is 5.73. The van der Waals surface area contributed by atoms with E-state index in [0.29, 0.717) is 18.2 Å². The largest absolute Gasteiger partial charge is 0.377 e. The molecule has 3 nitrogen and oxygen atoms in total. The average molecular weight is 299 g/mol. The molecule has 0 heterocycles. The number of nitrogens with one attached hydrogen (secondary N) is 1. The SMILES string of the molecule is CCCNC1CCC(CCC)CC1N(C)CCOC(C)C. The minimum atomic E-state index is 0.339. The molecule has 3 unspecified atom stereocenters. The van der Waals surface area contributed by atoms with E-state index >= 15 is 0 Å². The highest BCUT2D eigenvalue weighted by molar-refractivity contribution is 4.90. The van der Waals surface area contributed by atoms with E-state index in [1.165, 1.54) is 38.5 Å². The Bertz CT molecular complexity index is 258. The summed E-state index contributed by atoms with van der Waals surface area (Å²) >= 11 is 0. The number of hydrogen-bond donors (Lipinski definition) is 1. The molecule has 0 aromatic carbocycles. The van der Waals surface area contributed by atoms with Gasteiger partial charge < -0.3 is 10.1 Å². The fourth-order valence-corrected chi connectivity index (χ4v) is 3.55. The highest BCUT2D eigenvalue weighted by Gasteiger charge is 2.32. The lowest BCUT2D eigenvalue weighted by Gasteiger charge is -2.42. The van der Waals surface area contributed by atoms with Crippen molar-refractivity contribution in [1.82, 2.24) is 10.2 Å². The fourth-order valence-electron chi connectivity index (χ4n) is 3.55. The van der Waals surface area contributed by atoms with Gasteiger partial charge in [0.05, 0.1) is 12.7 Å². The third-order valence-electron chi connectivity index (χ3n) is 4.74. The molecule has 0 saturated heterocycles. The zero-order valence-corrected chi connectivity index (χ0v) is 15.0. The van der Waals surface area contributed by atoms with Gasteiger partial charge in [-0.05, 0) is 59.0 Å². The molecule has 1 rings (SSSR count). The van der Waals surface area contributed by atoms with Crippen molar-refractivity contribution in [3.63, 3.8) is 0 Å². The van der Waals surface area contributed by atoms with E-state index in [1.54, 1.807) is 0 Å². The summed E-state index contributed by atoms with van der Waals surface area (Å²) in [6, 6.07) is 1.35. The van der Waals surface area contributed by atoms with Crippen LogP contribution in [0.2, 0.25) is 0 Å². The highest BCUT2D eigenvalue weighted by Crippen LogP contribution is 2.30. The molecule has 0 aromatic rings. The molecule has 3 heteroatoms. The van der Waals surface area contributed by atoms with Crippen molar-refractivity contribution in [2.75, 3.05) is 26.7 Å². The quantitative estimate of drug-likeness (QED) is 0.666. The lowest BCUT2D eigenvalue weighted by atomic mass is 9.79. The number of likely N-dealkylation sites (N-methyl/N-ethyl adjacent to an activating group) is 1. The van der Waals surface area contributed by atoms with Crippen LogP contribution in [-0.4, -0.2) is 49.8 Å². The van der Waals surface area contributed by atoms with Crippen molar-refractivity contribution in [2.45, 2.75) is 84.4 Å². The van der Waals surface area contributed by atoms with Crippen molar-refractivity contribution in [1.29, 1.82) is 0 Å². The van der Waals surface area contributed by atoms with Gasteiger partial charge in [-0.1, -0.05) is 26.7 Å². The molecule has 126 valence electrons. The first-order valence-electron chi connectivity index (χ1n) is 9.13. The Hall–Kier alpha value is -0.120. The van der Waals surface area contributed by atoms with Crippen molar-refractivity contribution < 1.29 is 4.74 Å². The smallest absolute Gasteiger partial charge is 0.0596 e. The summed E-state index contributed by atoms with van der Waals surface area (Å²) in [6.07, 6.45) is 8.38. The van der Waals surface area contributed by atoms with Crippen LogP contribution < -0.4 is 5.32 Å². The molecule has 1 fully saturated rings. The van der Waals surface area contributed by atoms with E-state index < -0.39 is 0 Å². The molecule has 0 spiro atoms. The molecule has 3 atom stereocenters. The fraction of sp³-hybridized carbons (Fsp3) is 1.00. The summed E-state index contributed by atoms with van der Waals surface area (Å²) in [6.45, 7) is 11.8. The third-order valence-corrected chi connectivity index (χ3v) is 4.74. The van der Waals surface area contributed by atoms with Crippen molar-refractivity contribution in [2.24, 2.45) is 5.92 Å². The molecular formula is C18H38N2O. The third kappa shape index (κ3) is 7.12.